The van der Waals surface area contributed by atoms with Gasteiger partial charge in [0.15, 0.2) is 5.69 Å². The van der Waals surface area contributed by atoms with Crippen LogP contribution in [-0.2, 0) is 13.6 Å². The second kappa shape index (κ2) is 4.57. The zero-order chi connectivity index (χ0) is 13.4. The molecule has 0 saturated heterocycles. The summed E-state index contributed by atoms with van der Waals surface area (Å²) in [6, 6.07) is 6.07. The average Bonchev–Trinajstić information content (AvgIpc) is 3.01. The van der Waals surface area contributed by atoms with E-state index in [1.165, 1.54) is 0 Å². The lowest BCUT2D eigenvalue weighted by atomic mass is 10.3. The molecule has 1 fully saturated rings. The predicted octanol–water partition coefficient (Wildman–Crippen LogP) is 2.13. The van der Waals surface area contributed by atoms with Gasteiger partial charge in [0, 0.05) is 31.0 Å². The molecule has 5 heteroatoms. The molecule has 0 bridgehead atoms. The van der Waals surface area contributed by atoms with Crippen LogP contribution in [-0.4, -0.2) is 26.6 Å². The van der Waals surface area contributed by atoms with E-state index in [0.29, 0.717) is 24.0 Å². The van der Waals surface area contributed by atoms with Crippen LogP contribution in [0.1, 0.15) is 34.8 Å². The Morgan fingerprint density at radius 3 is 2.89 bits per heavy atom. The number of nitrogens with zero attached hydrogens (tertiary/aromatic N) is 3. The largest absolute Gasteiger partial charge is 0.361 e. The third kappa shape index (κ3) is 2.41. The van der Waals surface area contributed by atoms with Gasteiger partial charge in [0.1, 0.15) is 5.76 Å². The second-order valence-electron chi connectivity index (χ2n) is 5.10. The minimum Gasteiger partial charge on any atom is -0.361 e. The normalized spacial score (nSPS) is 14.6. The Morgan fingerprint density at radius 1 is 1.58 bits per heavy atom. The standard InChI is InChI=1S/C14H17N3O2/c1-10-8-13(15-19-10)14(18)17(11-5-6-11)9-12-4-3-7-16(12)2/h3-4,7-8,11H,5-6,9H2,1-2H3. The molecule has 19 heavy (non-hydrogen) atoms. The minimum atomic E-state index is -0.0412. The van der Waals surface area contributed by atoms with Crippen molar-refractivity contribution in [1.29, 1.82) is 0 Å². The van der Waals surface area contributed by atoms with E-state index < -0.39 is 0 Å². The number of aryl methyl sites for hydroxylation is 2. The molecule has 1 aliphatic carbocycles. The van der Waals surface area contributed by atoms with Crippen LogP contribution in [0, 0.1) is 6.92 Å². The van der Waals surface area contributed by atoms with Crippen LogP contribution < -0.4 is 0 Å². The van der Waals surface area contributed by atoms with Gasteiger partial charge in [0.05, 0.1) is 6.54 Å². The van der Waals surface area contributed by atoms with Gasteiger partial charge >= 0.3 is 0 Å². The summed E-state index contributed by atoms with van der Waals surface area (Å²) in [6.07, 6.45) is 4.14. The average molecular weight is 259 g/mol. The van der Waals surface area contributed by atoms with Crippen LogP contribution in [0.5, 0.6) is 0 Å². The van der Waals surface area contributed by atoms with E-state index in [9.17, 15) is 4.79 Å². The van der Waals surface area contributed by atoms with Crippen molar-refractivity contribution >= 4 is 5.91 Å². The molecule has 5 nitrogen and oxygen atoms in total. The maximum atomic E-state index is 12.5. The number of carbonyl (C=O) groups excluding carboxylic acids is 1. The molecule has 1 amide bonds. The quantitative estimate of drug-likeness (QED) is 0.845. The van der Waals surface area contributed by atoms with Gasteiger partial charge < -0.3 is 14.0 Å². The fraction of sp³-hybridized carbons (Fsp3) is 0.429. The first-order valence-corrected chi connectivity index (χ1v) is 6.49. The summed E-state index contributed by atoms with van der Waals surface area (Å²) in [7, 11) is 1.99. The molecule has 0 aliphatic heterocycles. The summed E-state index contributed by atoms with van der Waals surface area (Å²) in [5.41, 5.74) is 1.53. The van der Waals surface area contributed by atoms with E-state index in [0.717, 1.165) is 18.5 Å². The highest BCUT2D eigenvalue weighted by Crippen LogP contribution is 2.29. The van der Waals surface area contributed by atoms with E-state index in [-0.39, 0.29) is 5.91 Å². The first kappa shape index (κ1) is 12.0. The molecule has 0 aromatic carbocycles. The summed E-state index contributed by atoms with van der Waals surface area (Å²) in [5, 5.41) is 3.83. The third-order valence-corrected chi connectivity index (χ3v) is 3.48. The first-order chi connectivity index (χ1) is 9.15. The van der Waals surface area contributed by atoms with Crippen molar-refractivity contribution in [2.45, 2.75) is 32.4 Å². The lowest BCUT2D eigenvalue weighted by Gasteiger charge is -2.21. The number of hydrogen-bond donors (Lipinski definition) is 0. The lowest BCUT2D eigenvalue weighted by molar-refractivity contribution is 0.0716. The fourth-order valence-electron chi connectivity index (χ4n) is 2.20. The highest BCUT2D eigenvalue weighted by atomic mass is 16.5. The molecule has 1 aliphatic rings. The highest BCUT2D eigenvalue weighted by molar-refractivity contribution is 5.92. The monoisotopic (exact) mass is 259 g/mol. The Hall–Kier alpha value is -2.04. The third-order valence-electron chi connectivity index (χ3n) is 3.48. The van der Waals surface area contributed by atoms with Gasteiger partial charge in [0.25, 0.3) is 5.91 Å². The Labute approximate surface area is 111 Å². The van der Waals surface area contributed by atoms with Crippen molar-refractivity contribution in [2.75, 3.05) is 0 Å². The second-order valence-corrected chi connectivity index (χ2v) is 5.10. The Balaban J connectivity index is 1.81. The molecule has 0 spiro atoms. The first-order valence-electron chi connectivity index (χ1n) is 6.49. The summed E-state index contributed by atoms with van der Waals surface area (Å²) in [5.74, 6) is 0.624. The predicted molar refractivity (Wildman–Crippen MR) is 69.5 cm³/mol. The zero-order valence-electron chi connectivity index (χ0n) is 11.2. The molecule has 0 N–H and O–H groups in total. The zero-order valence-corrected chi connectivity index (χ0v) is 11.2. The van der Waals surface area contributed by atoms with E-state index in [1.807, 2.05) is 34.8 Å². The van der Waals surface area contributed by atoms with Gasteiger partial charge in [-0.25, -0.2) is 0 Å². The number of rotatable bonds is 4. The SMILES string of the molecule is Cc1cc(C(=O)N(Cc2cccn2C)C2CC2)no1. The van der Waals surface area contributed by atoms with Gasteiger partial charge in [-0.05, 0) is 31.9 Å². The molecule has 2 heterocycles. The van der Waals surface area contributed by atoms with Crippen LogP contribution >= 0.6 is 0 Å². The van der Waals surface area contributed by atoms with E-state index in [4.69, 9.17) is 4.52 Å². The Bertz CT molecular complexity index is 595. The van der Waals surface area contributed by atoms with Crippen LogP contribution in [0.3, 0.4) is 0 Å². The molecule has 2 aromatic rings. The van der Waals surface area contributed by atoms with Gasteiger partial charge in [0.2, 0.25) is 0 Å². The number of aromatic nitrogens is 2. The van der Waals surface area contributed by atoms with E-state index >= 15 is 0 Å². The summed E-state index contributed by atoms with van der Waals surface area (Å²) >= 11 is 0. The van der Waals surface area contributed by atoms with E-state index in [1.54, 1.807) is 13.0 Å². The molecule has 3 rings (SSSR count). The van der Waals surface area contributed by atoms with Crippen molar-refractivity contribution in [3.05, 3.63) is 41.5 Å². The van der Waals surface area contributed by atoms with Crippen LogP contribution in [0.2, 0.25) is 0 Å². The highest BCUT2D eigenvalue weighted by Gasteiger charge is 2.34. The van der Waals surface area contributed by atoms with Crippen LogP contribution in [0.15, 0.2) is 28.9 Å². The molecule has 0 atom stereocenters. The van der Waals surface area contributed by atoms with Crippen LogP contribution in [0.4, 0.5) is 0 Å². The maximum Gasteiger partial charge on any atom is 0.276 e. The molecular formula is C14H17N3O2. The van der Waals surface area contributed by atoms with Crippen molar-refractivity contribution in [3.63, 3.8) is 0 Å². The summed E-state index contributed by atoms with van der Waals surface area (Å²) in [6.45, 7) is 2.42. The molecule has 1 saturated carbocycles. The topological polar surface area (TPSA) is 51.3 Å². The van der Waals surface area contributed by atoms with Gasteiger partial charge in [-0.2, -0.15) is 0 Å². The number of carbonyl (C=O) groups is 1. The van der Waals surface area contributed by atoms with Gasteiger partial charge in [-0.3, -0.25) is 4.79 Å². The van der Waals surface area contributed by atoms with Gasteiger partial charge in [-0.15, -0.1) is 0 Å². The number of hydrogen-bond acceptors (Lipinski definition) is 3. The van der Waals surface area contributed by atoms with E-state index in [2.05, 4.69) is 5.16 Å². The molecular weight excluding hydrogens is 242 g/mol. The Kier molecular flexibility index (Phi) is 2.89. The van der Waals surface area contributed by atoms with Crippen molar-refractivity contribution < 1.29 is 9.32 Å². The molecule has 0 unspecified atom stereocenters. The van der Waals surface area contributed by atoms with Crippen molar-refractivity contribution in [2.24, 2.45) is 7.05 Å². The fourth-order valence-corrected chi connectivity index (χ4v) is 2.20. The minimum absolute atomic E-state index is 0.0412. The van der Waals surface area contributed by atoms with Crippen molar-refractivity contribution in [1.82, 2.24) is 14.6 Å². The maximum absolute atomic E-state index is 12.5. The van der Waals surface area contributed by atoms with Crippen LogP contribution in [0.25, 0.3) is 0 Å². The summed E-state index contributed by atoms with van der Waals surface area (Å²) in [4.78, 5) is 14.4. The Morgan fingerprint density at radius 2 is 2.37 bits per heavy atom. The molecule has 100 valence electrons. The molecule has 2 aromatic heterocycles. The summed E-state index contributed by atoms with van der Waals surface area (Å²) < 4.78 is 7.03. The smallest absolute Gasteiger partial charge is 0.276 e. The van der Waals surface area contributed by atoms with Gasteiger partial charge in [-0.1, -0.05) is 5.16 Å². The number of amides is 1. The molecule has 0 radical (unpaired) electrons. The van der Waals surface area contributed by atoms with Crippen molar-refractivity contribution in [3.8, 4) is 0 Å². The lowest BCUT2D eigenvalue weighted by Crippen LogP contribution is -2.33.